The lowest BCUT2D eigenvalue weighted by molar-refractivity contribution is -0.122. The Balaban J connectivity index is 1.41. The van der Waals surface area contributed by atoms with Gasteiger partial charge in [-0.05, 0) is 43.5 Å². The molecule has 0 saturated carbocycles. The molecule has 0 bridgehead atoms. The van der Waals surface area contributed by atoms with Crippen LogP contribution in [0, 0.1) is 6.92 Å². The highest BCUT2D eigenvalue weighted by molar-refractivity contribution is 8.26. The van der Waals surface area contributed by atoms with Crippen molar-refractivity contribution in [1.82, 2.24) is 15.1 Å². The van der Waals surface area contributed by atoms with Crippen LogP contribution in [0.1, 0.15) is 36.3 Å². The molecule has 0 unspecified atom stereocenters. The number of nitrogens with one attached hydrogen (secondary N) is 1. The van der Waals surface area contributed by atoms with E-state index in [0.29, 0.717) is 32.3 Å². The van der Waals surface area contributed by atoms with Crippen molar-refractivity contribution >= 4 is 74.3 Å². The van der Waals surface area contributed by atoms with Crippen LogP contribution >= 0.6 is 46.9 Å². The van der Waals surface area contributed by atoms with Crippen LogP contribution in [0.2, 0.25) is 5.02 Å². The summed E-state index contributed by atoms with van der Waals surface area (Å²) < 4.78 is 0.569. The van der Waals surface area contributed by atoms with Crippen molar-refractivity contribution < 1.29 is 9.59 Å². The van der Waals surface area contributed by atoms with Crippen molar-refractivity contribution in [3.8, 4) is 0 Å². The van der Waals surface area contributed by atoms with Gasteiger partial charge in [0.05, 0.1) is 4.91 Å². The standard InChI is InChI=1S/C19H19ClN4O2S3/c1-12-22-23-18(28-12)21-16(25)5-3-2-4-10-24-17(26)15(29-19(24)27)11-13-6-8-14(20)9-7-13/h6-9,11H,2-5,10H2,1H3,(H,21,23,25). The summed E-state index contributed by atoms with van der Waals surface area (Å²) in [5, 5.41) is 12.5. The number of aromatic nitrogens is 2. The Morgan fingerprint density at radius 1 is 1.24 bits per heavy atom. The van der Waals surface area contributed by atoms with Crippen LogP contribution in [0.15, 0.2) is 29.2 Å². The lowest BCUT2D eigenvalue weighted by Gasteiger charge is -2.13. The first-order chi connectivity index (χ1) is 13.9. The Morgan fingerprint density at radius 3 is 2.69 bits per heavy atom. The zero-order valence-corrected chi connectivity index (χ0v) is 18.9. The maximum atomic E-state index is 12.6. The predicted octanol–water partition coefficient (Wildman–Crippen LogP) is 4.90. The Hall–Kier alpha value is -1.81. The third-order valence-electron chi connectivity index (χ3n) is 4.10. The molecule has 1 aromatic carbocycles. The van der Waals surface area contributed by atoms with Crippen molar-refractivity contribution in [2.45, 2.75) is 32.6 Å². The number of nitrogens with zero attached hydrogens (tertiary/aromatic N) is 3. The number of amides is 2. The molecule has 1 aromatic heterocycles. The van der Waals surface area contributed by atoms with E-state index < -0.39 is 0 Å². The van der Waals surface area contributed by atoms with E-state index in [-0.39, 0.29) is 11.8 Å². The van der Waals surface area contributed by atoms with Crippen molar-refractivity contribution in [2.24, 2.45) is 0 Å². The summed E-state index contributed by atoms with van der Waals surface area (Å²) in [5.41, 5.74) is 0.909. The van der Waals surface area contributed by atoms with Crippen molar-refractivity contribution in [3.05, 3.63) is 44.8 Å². The van der Waals surface area contributed by atoms with Crippen LogP contribution in [0.3, 0.4) is 0 Å². The minimum atomic E-state index is -0.0716. The number of hydrogen-bond donors (Lipinski definition) is 1. The number of carbonyl (C=O) groups excluding carboxylic acids is 2. The number of benzene rings is 1. The number of thiocarbonyl (C=S) groups is 1. The van der Waals surface area contributed by atoms with Crippen molar-refractivity contribution in [2.75, 3.05) is 11.9 Å². The van der Waals surface area contributed by atoms with Gasteiger partial charge in [0.25, 0.3) is 5.91 Å². The van der Waals surface area contributed by atoms with E-state index >= 15 is 0 Å². The fraction of sp³-hybridized carbons (Fsp3) is 0.316. The summed E-state index contributed by atoms with van der Waals surface area (Å²) in [6, 6.07) is 7.30. The highest BCUT2D eigenvalue weighted by atomic mass is 35.5. The molecule has 1 aliphatic heterocycles. The summed E-state index contributed by atoms with van der Waals surface area (Å²) in [6.45, 7) is 2.39. The summed E-state index contributed by atoms with van der Waals surface area (Å²) >= 11 is 13.9. The van der Waals surface area contributed by atoms with Gasteiger partial charge in [-0.15, -0.1) is 10.2 Å². The van der Waals surface area contributed by atoms with Gasteiger partial charge in [-0.3, -0.25) is 14.5 Å². The molecular weight excluding hydrogens is 448 g/mol. The number of anilines is 1. The quantitative estimate of drug-likeness (QED) is 0.339. The number of unbranched alkanes of at least 4 members (excludes halogenated alkanes) is 2. The van der Waals surface area contributed by atoms with Gasteiger partial charge in [-0.25, -0.2) is 0 Å². The molecule has 2 amide bonds. The number of hydrogen-bond acceptors (Lipinski definition) is 7. The molecule has 1 fully saturated rings. The summed E-state index contributed by atoms with van der Waals surface area (Å²) in [6.07, 6.45) is 4.59. The summed E-state index contributed by atoms with van der Waals surface area (Å²) in [5.74, 6) is -0.142. The van der Waals surface area contributed by atoms with Crippen LogP contribution in [0.4, 0.5) is 5.13 Å². The molecule has 0 atom stereocenters. The van der Waals surface area contributed by atoms with Crippen LogP contribution in [-0.2, 0) is 9.59 Å². The summed E-state index contributed by atoms with van der Waals surface area (Å²) in [7, 11) is 0. The third kappa shape index (κ3) is 6.33. The second-order valence-electron chi connectivity index (χ2n) is 6.37. The Morgan fingerprint density at radius 2 is 2.00 bits per heavy atom. The van der Waals surface area contributed by atoms with Gasteiger partial charge < -0.3 is 5.32 Å². The summed E-state index contributed by atoms with van der Waals surface area (Å²) in [4.78, 5) is 26.8. The maximum absolute atomic E-state index is 12.6. The monoisotopic (exact) mass is 466 g/mol. The number of thioether (sulfide) groups is 1. The molecule has 1 saturated heterocycles. The fourth-order valence-electron chi connectivity index (χ4n) is 2.66. The van der Waals surface area contributed by atoms with E-state index in [1.807, 2.05) is 25.1 Å². The molecule has 1 aliphatic rings. The first-order valence-electron chi connectivity index (χ1n) is 9.03. The van der Waals surface area contributed by atoms with E-state index in [2.05, 4.69) is 15.5 Å². The second-order valence-corrected chi connectivity index (χ2v) is 9.66. The molecule has 6 nitrogen and oxygen atoms in total. The lowest BCUT2D eigenvalue weighted by Crippen LogP contribution is -2.29. The van der Waals surface area contributed by atoms with Crippen LogP contribution in [0.25, 0.3) is 6.08 Å². The van der Waals surface area contributed by atoms with Crippen LogP contribution in [0.5, 0.6) is 0 Å². The molecule has 0 radical (unpaired) electrons. The van der Waals surface area contributed by atoms with Crippen molar-refractivity contribution in [1.29, 1.82) is 0 Å². The van der Waals surface area contributed by atoms with Crippen LogP contribution in [-0.4, -0.2) is 37.8 Å². The number of aryl methyl sites for hydroxylation is 1. The molecule has 0 spiro atoms. The maximum Gasteiger partial charge on any atom is 0.266 e. The average molecular weight is 467 g/mol. The molecular formula is C19H19ClN4O2S3. The SMILES string of the molecule is Cc1nnc(NC(=O)CCCCCN2C(=O)C(=Cc3ccc(Cl)cc3)SC2=S)s1. The predicted molar refractivity (Wildman–Crippen MR) is 123 cm³/mol. The number of carbonyl (C=O) groups is 2. The molecule has 29 heavy (non-hydrogen) atoms. The molecule has 2 heterocycles. The normalized spacial score (nSPS) is 15.4. The third-order valence-corrected chi connectivity index (χ3v) is 6.48. The van der Waals surface area contributed by atoms with Crippen molar-refractivity contribution in [3.63, 3.8) is 0 Å². The van der Waals surface area contributed by atoms with Gasteiger partial charge in [0.2, 0.25) is 11.0 Å². The molecule has 0 aliphatic carbocycles. The van der Waals surface area contributed by atoms with E-state index in [9.17, 15) is 9.59 Å². The Labute approximate surface area is 187 Å². The Bertz CT molecular complexity index is 943. The molecule has 1 N–H and O–H groups in total. The smallest absolute Gasteiger partial charge is 0.266 e. The minimum absolute atomic E-state index is 0.0701. The van der Waals surface area contributed by atoms with Gasteiger partial charge in [0.15, 0.2) is 0 Å². The lowest BCUT2D eigenvalue weighted by atomic mass is 10.2. The fourth-order valence-corrected chi connectivity index (χ4v) is 4.71. The van der Waals surface area contributed by atoms with Gasteiger partial charge >= 0.3 is 0 Å². The number of halogens is 1. The Kier molecular flexibility index (Phi) is 7.77. The van der Waals surface area contributed by atoms with E-state index in [0.717, 1.165) is 29.8 Å². The first-order valence-corrected chi connectivity index (χ1v) is 11.4. The second kappa shape index (κ2) is 10.3. The van der Waals surface area contributed by atoms with E-state index in [4.69, 9.17) is 23.8 Å². The highest BCUT2D eigenvalue weighted by Crippen LogP contribution is 2.33. The zero-order valence-electron chi connectivity index (χ0n) is 15.7. The molecule has 152 valence electrons. The minimum Gasteiger partial charge on any atom is -0.301 e. The van der Waals surface area contributed by atoms with Crippen LogP contribution < -0.4 is 5.32 Å². The molecule has 2 aromatic rings. The average Bonchev–Trinajstić information content (AvgIpc) is 3.20. The van der Waals surface area contributed by atoms with Gasteiger partial charge in [-0.2, -0.15) is 0 Å². The van der Waals surface area contributed by atoms with E-state index in [1.54, 1.807) is 17.0 Å². The first kappa shape index (κ1) is 21.9. The molecule has 3 rings (SSSR count). The highest BCUT2D eigenvalue weighted by Gasteiger charge is 2.31. The van der Waals surface area contributed by atoms with Gasteiger partial charge in [0.1, 0.15) is 9.33 Å². The number of rotatable bonds is 8. The topological polar surface area (TPSA) is 75.2 Å². The van der Waals surface area contributed by atoms with Gasteiger partial charge in [0, 0.05) is 18.0 Å². The molecule has 10 heteroatoms. The van der Waals surface area contributed by atoms with E-state index in [1.165, 1.54) is 23.1 Å². The zero-order chi connectivity index (χ0) is 20.8. The largest absolute Gasteiger partial charge is 0.301 e. The van der Waals surface area contributed by atoms with Gasteiger partial charge in [-0.1, -0.05) is 65.5 Å².